The molecule has 1 fully saturated rings. The first-order valence-electron chi connectivity index (χ1n) is 7.40. The number of carbonyl (C=O) groups is 2. The van der Waals surface area contributed by atoms with Gasteiger partial charge in [-0.05, 0) is 37.9 Å². The van der Waals surface area contributed by atoms with Crippen molar-refractivity contribution in [2.45, 2.75) is 32.2 Å². The SMILES string of the molecule is CC1CC(CN)CN1C(=O)CCC(=O)c1ccc(F)cc1F.Cl. The topological polar surface area (TPSA) is 63.4 Å². The Morgan fingerprint density at radius 3 is 2.57 bits per heavy atom. The Balaban J connectivity index is 0.00000264. The minimum atomic E-state index is -0.893. The lowest BCUT2D eigenvalue weighted by Crippen LogP contribution is -2.34. The second-order valence-electron chi connectivity index (χ2n) is 5.78. The molecule has 0 saturated carbocycles. The van der Waals surface area contributed by atoms with E-state index in [0.717, 1.165) is 18.6 Å². The van der Waals surface area contributed by atoms with Crippen molar-refractivity contribution in [3.05, 3.63) is 35.4 Å². The van der Waals surface area contributed by atoms with E-state index in [1.165, 1.54) is 0 Å². The molecule has 23 heavy (non-hydrogen) atoms. The summed E-state index contributed by atoms with van der Waals surface area (Å²) in [6, 6.07) is 2.93. The molecule has 1 heterocycles. The molecule has 1 aromatic rings. The number of benzene rings is 1. The first-order valence-corrected chi connectivity index (χ1v) is 7.40. The van der Waals surface area contributed by atoms with Crippen LogP contribution in [0.5, 0.6) is 0 Å². The molecule has 1 saturated heterocycles. The van der Waals surface area contributed by atoms with E-state index < -0.39 is 17.4 Å². The number of Topliss-reactive ketones (excluding diaryl/α,β-unsaturated/α-hetero) is 1. The number of nitrogens with zero attached hydrogens (tertiary/aromatic N) is 1. The van der Waals surface area contributed by atoms with Crippen LogP contribution in [0.1, 0.15) is 36.5 Å². The molecule has 0 spiro atoms. The van der Waals surface area contributed by atoms with Crippen LogP contribution in [0, 0.1) is 17.6 Å². The summed E-state index contributed by atoms with van der Waals surface area (Å²) >= 11 is 0. The monoisotopic (exact) mass is 346 g/mol. The largest absolute Gasteiger partial charge is 0.340 e. The molecular weight excluding hydrogens is 326 g/mol. The third-order valence-electron chi connectivity index (χ3n) is 4.11. The highest BCUT2D eigenvalue weighted by Crippen LogP contribution is 2.23. The van der Waals surface area contributed by atoms with Crippen LogP contribution in [-0.4, -0.2) is 35.7 Å². The molecule has 2 unspecified atom stereocenters. The van der Waals surface area contributed by atoms with E-state index in [1.54, 1.807) is 4.90 Å². The maximum absolute atomic E-state index is 13.5. The summed E-state index contributed by atoms with van der Waals surface area (Å²) in [5.41, 5.74) is 5.44. The highest BCUT2D eigenvalue weighted by atomic mass is 35.5. The van der Waals surface area contributed by atoms with Gasteiger partial charge in [-0.2, -0.15) is 0 Å². The second-order valence-corrected chi connectivity index (χ2v) is 5.78. The molecule has 0 aromatic heterocycles. The lowest BCUT2D eigenvalue weighted by molar-refractivity contribution is -0.131. The average molecular weight is 347 g/mol. The maximum Gasteiger partial charge on any atom is 0.223 e. The Morgan fingerprint density at radius 1 is 1.30 bits per heavy atom. The summed E-state index contributed by atoms with van der Waals surface area (Å²) in [6.45, 7) is 3.10. The van der Waals surface area contributed by atoms with Crippen LogP contribution in [-0.2, 0) is 4.79 Å². The van der Waals surface area contributed by atoms with Gasteiger partial charge in [-0.1, -0.05) is 0 Å². The van der Waals surface area contributed by atoms with E-state index in [1.807, 2.05) is 6.92 Å². The fourth-order valence-corrected chi connectivity index (χ4v) is 2.88. The summed E-state index contributed by atoms with van der Waals surface area (Å²) < 4.78 is 26.3. The number of amides is 1. The zero-order valence-electron chi connectivity index (χ0n) is 12.9. The van der Waals surface area contributed by atoms with Crippen LogP contribution in [0.4, 0.5) is 8.78 Å². The summed E-state index contributed by atoms with van der Waals surface area (Å²) in [4.78, 5) is 25.8. The van der Waals surface area contributed by atoms with Gasteiger partial charge in [-0.3, -0.25) is 9.59 Å². The third kappa shape index (κ3) is 4.72. The van der Waals surface area contributed by atoms with Gasteiger partial charge in [0.05, 0.1) is 5.56 Å². The van der Waals surface area contributed by atoms with E-state index in [9.17, 15) is 18.4 Å². The number of hydrogen-bond donors (Lipinski definition) is 1. The molecule has 0 aliphatic carbocycles. The number of likely N-dealkylation sites (tertiary alicyclic amines) is 1. The standard InChI is InChI=1S/C16H20F2N2O2.ClH/c1-10-6-11(8-19)9-20(10)16(22)5-4-15(21)13-3-2-12(17)7-14(13)18;/h2-3,7,10-11H,4-6,8-9,19H2,1H3;1H. The minimum absolute atomic E-state index is 0. The van der Waals surface area contributed by atoms with Gasteiger partial charge in [0.2, 0.25) is 5.91 Å². The summed E-state index contributed by atoms with van der Waals surface area (Å²) in [5.74, 6) is -1.95. The second kappa shape index (κ2) is 8.36. The molecule has 2 atom stereocenters. The number of halogens is 3. The Hall–Kier alpha value is -1.53. The summed E-state index contributed by atoms with van der Waals surface area (Å²) in [7, 11) is 0. The zero-order valence-corrected chi connectivity index (χ0v) is 13.7. The molecule has 0 radical (unpaired) electrons. The lowest BCUT2D eigenvalue weighted by Gasteiger charge is -2.21. The van der Waals surface area contributed by atoms with Crippen LogP contribution in [0.2, 0.25) is 0 Å². The van der Waals surface area contributed by atoms with E-state index in [4.69, 9.17) is 5.73 Å². The number of ketones is 1. The highest BCUT2D eigenvalue weighted by molar-refractivity contribution is 5.98. The van der Waals surface area contributed by atoms with Crippen LogP contribution < -0.4 is 5.73 Å². The van der Waals surface area contributed by atoms with Crippen LogP contribution in [0.15, 0.2) is 18.2 Å². The van der Waals surface area contributed by atoms with Crippen LogP contribution in [0.25, 0.3) is 0 Å². The van der Waals surface area contributed by atoms with Crippen LogP contribution >= 0.6 is 12.4 Å². The smallest absolute Gasteiger partial charge is 0.223 e. The quantitative estimate of drug-likeness (QED) is 0.833. The van der Waals surface area contributed by atoms with E-state index in [-0.39, 0.29) is 42.8 Å². The molecule has 0 bridgehead atoms. The molecule has 1 aliphatic heterocycles. The molecular formula is C16H21ClF2N2O2. The Bertz CT molecular complexity index is 583. The van der Waals surface area contributed by atoms with E-state index in [2.05, 4.69) is 0 Å². The van der Waals surface area contributed by atoms with Gasteiger partial charge in [0, 0.05) is 31.5 Å². The normalized spacial score (nSPS) is 20.3. The number of nitrogens with two attached hydrogens (primary N) is 1. The highest BCUT2D eigenvalue weighted by Gasteiger charge is 2.31. The van der Waals surface area contributed by atoms with E-state index in [0.29, 0.717) is 25.1 Å². The van der Waals surface area contributed by atoms with Gasteiger partial charge < -0.3 is 10.6 Å². The Labute approximate surface area is 140 Å². The number of rotatable bonds is 5. The first kappa shape index (κ1) is 19.5. The fourth-order valence-electron chi connectivity index (χ4n) is 2.88. The van der Waals surface area contributed by atoms with Crippen molar-refractivity contribution in [1.29, 1.82) is 0 Å². The summed E-state index contributed by atoms with van der Waals surface area (Å²) in [6.07, 6.45) is 0.804. The van der Waals surface area contributed by atoms with Crippen molar-refractivity contribution in [2.75, 3.05) is 13.1 Å². The zero-order chi connectivity index (χ0) is 16.3. The van der Waals surface area contributed by atoms with Gasteiger partial charge in [-0.15, -0.1) is 12.4 Å². The number of carbonyl (C=O) groups excluding carboxylic acids is 2. The molecule has 1 aliphatic rings. The average Bonchev–Trinajstić information content (AvgIpc) is 2.85. The van der Waals surface area contributed by atoms with Gasteiger partial charge in [-0.25, -0.2) is 8.78 Å². The molecule has 4 nitrogen and oxygen atoms in total. The van der Waals surface area contributed by atoms with Crippen molar-refractivity contribution < 1.29 is 18.4 Å². The fraction of sp³-hybridized carbons (Fsp3) is 0.500. The third-order valence-corrected chi connectivity index (χ3v) is 4.11. The van der Waals surface area contributed by atoms with Gasteiger partial charge in [0.15, 0.2) is 5.78 Å². The molecule has 7 heteroatoms. The number of hydrogen-bond acceptors (Lipinski definition) is 3. The predicted molar refractivity (Wildman–Crippen MR) is 85.5 cm³/mol. The first-order chi connectivity index (χ1) is 10.4. The van der Waals surface area contributed by atoms with Crippen molar-refractivity contribution in [2.24, 2.45) is 11.7 Å². The lowest BCUT2D eigenvalue weighted by atomic mass is 10.1. The van der Waals surface area contributed by atoms with Crippen LogP contribution in [0.3, 0.4) is 0 Å². The molecule has 2 rings (SSSR count). The van der Waals surface area contributed by atoms with Gasteiger partial charge in [0.1, 0.15) is 11.6 Å². The summed E-state index contributed by atoms with van der Waals surface area (Å²) in [5, 5.41) is 0. The van der Waals surface area contributed by atoms with Crippen molar-refractivity contribution in [3.8, 4) is 0 Å². The van der Waals surface area contributed by atoms with Gasteiger partial charge in [0.25, 0.3) is 0 Å². The van der Waals surface area contributed by atoms with E-state index >= 15 is 0 Å². The van der Waals surface area contributed by atoms with Crippen molar-refractivity contribution in [3.63, 3.8) is 0 Å². The predicted octanol–water partition coefficient (Wildman–Crippen LogP) is 2.55. The van der Waals surface area contributed by atoms with Crippen molar-refractivity contribution in [1.82, 2.24) is 4.90 Å². The molecule has 1 aromatic carbocycles. The molecule has 2 N–H and O–H groups in total. The minimum Gasteiger partial charge on any atom is -0.340 e. The van der Waals surface area contributed by atoms with Crippen molar-refractivity contribution >= 4 is 24.1 Å². The molecule has 128 valence electrons. The van der Waals surface area contributed by atoms with Gasteiger partial charge >= 0.3 is 0 Å². The maximum atomic E-state index is 13.5. The molecule has 1 amide bonds. The Morgan fingerprint density at radius 2 is 2.00 bits per heavy atom. The Kier molecular flexibility index (Phi) is 7.09.